The van der Waals surface area contributed by atoms with Crippen molar-refractivity contribution < 1.29 is 4.79 Å². The van der Waals surface area contributed by atoms with Crippen LogP contribution in [0.2, 0.25) is 0 Å². The van der Waals surface area contributed by atoms with Crippen LogP contribution in [0.1, 0.15) is 0 Å². The number of thiophene rings is 2. The van der Waals surface area contributed by atoms with Gasteiger partial charge in [0.1, 0.15) is 11.5 Å². The standard InChI is InChI=1S/C17H13N5O2S2/c23-15(11-21-17(24)22(20-19-21)16-8-4-10-26-16)18-13-6-2-1-5-12(13)14-7-3-9-25-14/h1-10H,11H2,(H,18,23). The fraction of sp³-hybridized carbons (Fsp3) is 0.0588. The van der Waals surface area contributed by atoms with Crippen molar-refractivity contribution >= 4 is 34.3 Å². The van der Waals surface area contributed by atoms with E-state index in [9.17, 15) is 9.59 Å². The molecule has 7 nitrogen and oxygen atoms in total. The van der Waals surface area contributed by atoms with E-state index >= 15 is 0 Å². The Bertz CT molecular complexity index is 1080. The molecule has 0 unspecified atom stereocenters. The predicted octanol–water partition coefficient (Wildman–Crippen LogP) is 2.86. The van der Waals surface area contributed by atoms with Crippen LogP contribution in [0.25, 0.3) is 15.4 Å². The quantitative estimate of drug-likeness (QED) is 0.575. The van der Waals surface area contributed by atoms with E-state index in [-0.39, 0.29) is 12.5 Å². The van der Waals surface area contributed by atoms with Crippen molar-refractivity contribution in [3.63, 3.8) is 0 Å². The molecular formula is C17H13N5O2S2. The van der Waals surface area contributed by atoms with E-state index in [1.807, 2.05) is 53.2 Å². The molecule has 1 aromatic carbocycles. The molecule has 3 heterocycles. The third kappa shape index (κ3) is 3.22. The van der Waals surface area contributed by atoms with Gasteiger partial charge in [0.25, 0.3) is 0 Å². The van der Waals surface area contributed by atoms with Crippen LogP contribution in [0, 0.1) is 0 Å². The highest BCUT2D eigenvalue weighted by molar-refractivity contribution is 7.13. The smallest absolute Gasteiger partial charge is 0.324 e. The number of benzene rings is 1. The summed E-state index contributed by atoms with van der Waals surface area (Å²) in [4.78, 5) is 25.8. The molecule has 0 aliphatic rings. The summed E-state index contributed by atoms with van der Waals surface area (Å²) in [5.41, 5.74) is 1.18. The van der Waals surface area contributed by atoms with Crippen molar-refractivity contribution in [1.82, 2.24) is 19.8 Å². The third-order valence-electron chi connectivity index (χ3n) is 3.64. The molecule has 130 valence electrons. The third-order valence-corrected chi connectivity index (χ3v) is 5.38. The van der Waals surface area contributed by atoms with E-state index in [2.05, 4.69) is 15.7 Å². The fourth-order valence-corrected chi connectivity index (χ4v) is 3.90. The van der Waals surface area contributed by atoms with Gasteiger partial charge in [-0.05, 0) is 45.5 Å². The molecule has 0 saturated carbocycles. The SMILES string of the molecule is O=C(Cn1nnn(-c2cccs2)c1=O)Nc1ccccc1-c1cccs1. The minimum atomic E-state index is -0.450. The first-order chi connectivity index (χ1) is 12.7. The summed E-state index contributed by atoms with van der Waals surface area (Å²) in [6.07, 6.45) is 0. The van der Waals surface area contributed by atoms with Crippen LogP contribution in [0.4, 0.5) is 5.69 Å². The van der Waals surface area contributed by atoms with Crippen LogP contribution in [0.15, 0.2) is 64.1 Å². The molecule has 0 bridgehead atoms. The lowest BCUT2D eigenvalue weighted by atomic mass is 10.1. The first-order valence-corrected chi connectivity index (χ1v) is 9.48. The fourth-order valence-electron chi connectivity index (χ4n) is 2.47. The molecule has 0 aliphatic carbocycles. The zero-order valence-electron chi connectivity index (χ0n) is 13.4. The number of hydrogen-bond acceptors (Lipinski definition) is 6. The van der Waals surface area contributed by atoms with E-state index < -0.39 is 5.69 Å². The lowest BCUT2D eigenvalue weighted by Crippen LogP contribution is -2.29. The van der Waals surface area contributed by atoms with E-state index in [0.717, 1.165) is 15.1 Å². The van der Waals surface area contributed by atoms with Crippen molar-refractivity contribution in [2.24, 2.45) is 0 Å². The second-order valence-electron chi connectivity index (χ2n) is 5.35. The molecular weight excluding hydrogens is 370 g/mol. The maximum Gasteiger partial charge on any atom is 0.369 e. The van der Waals surface area contributed by atoms with E-state index in [1.54, 1.807) is 17.4 Å². The second-order valence-corrected chi connectivity index (χ2v) is 7.23. The first-order valence-electron chi connectivity index (χ1n) is 7.72. The Morgan fingerprint density at radius 2 is 1.81 bits per heavy atom. The first kappa shape index (κ1) is 16.4. The number of para-hydroxylation sites is 1. The molecule has 0 fully saturated rings. The number of anilines is 1. The van der Waals surface area contributed by atoms with Gasteiger partial charge in [0.15, 0.2) is 0 Å². The van der Waals surface area contributed by atoms with Crippen LogP contribution in [-0.4, -0.2) is 25.7 Å². The number of nitrogens with one attached hydrogen (secondary N) is 1. The van der Waals surface area contributed by atoms with Gasteiger partial charge in [0, 0.05) is 16.1 Å². The molecule has 1 N–H and O–H groups in total. The maximum absolute atomic E-state index is 12.4. The van der Waals surface area contributed by atoms with Gasteiger partial charge >= 0.3 is 5.69 Å². The van der Waals surface area contributed by atoms with Crippen LogP contribution in [0.5, 0.6) is 0 Å². The van der Waals surface area contributed by atoms with Gasteiger partial charge in [-0.3, -0.25) is 4.79 Å². The molecule has 26 heavy (non-hydrogen) atoms. The van der Waals surface area contributed by atoms with Crippen LogP contribution < -0.4 is 11.0 Å². The molecule has 3 aromatic heterocycles. The normalized spacial score (nSPS) is 10.8. The van der Waals surface area contributed by atoms with Gasteiger partial charge in [-0.15, -0.1) is 22.7 Å². The number of hydrogen-bond donors (Lipinski definition) is 1. The Balaban J connectivity index is 1.53. The average Bonchev–Trinajstić information content (AvgIpc) is 3.38. The minimum Gasteiger partial charge on any atom is -0.324 e. The van der Waals surface area contributed by atoms with Gasteiger partial charge < -0.3 is 5.32 Å². The molecule has 0 atom stereocenters. The molecule has 0 spiro atoms. The number of nitrogens with zero attached hydrogens (tertiary/aromatic N) is 4. The Labute approximate surface area is 156 Å². The van der Waals surface area contributed by atoms with Gasteiger partial charge in [-0.2, -0.15) is 9.36 Å². The zero-order chi connectivity index (χ0) is 17.9. The largest absolute Gasteiger partial charge is 0.369 e. The van der Waals surface area contributed by atoms with Gasteiger partial charge in [0.2, 0.25) is 5.91 Å². The number of carbonyl (C=O) groups is 1. The number of rotatable bonds is 5. The Hall–Kier alpha value is -3.04. The summed E-state index contributed by atoms with van der Waals surface area (Å²) in [6, 6.07) is 15.1. The highest BCUT2D eigenvalue weighted by Gasteiger charge is 2.14. The van der Waals surface area contributed by atoms with Crippen molar-refractivity contribution in [1.29, 1.82) is 0 Å². The summed E-state index contributed by atoms with van der Waals surface area (Å²) in [6.45, 7) is -0.205. The van der Waals surface area contributed by atoms with Crippen LogP contribution >= 0.6 is 22.7 Å². The van der Waals surface area contributed by atoms with E-state index in [1.165, 1.54) is 16.0 Å². The van der Waals surface area contributed by atoms with E-state index in [0.29, 0.717) is 10.7 Å². The zero-order valence-corrected chi connectivity index (χ0v) is 15.0. The summed E-state index contributed by atoms with van der Waals surface area (Å²) >= 11 is 2.97. The molecule has 0 saturated heterocycles. The molecule has 4 aromatic rings. The van der Waals surface area contributed by atoms with Gasteiger partial charge in [-0.25, -0.2) is 4.79 Å². The number of carbonyl (C=O) groups excluding carboxylic acids is 1. The molecule has 1 amide bonds. The van der Waals surface area contributed by atoms with E-state index in [4.69, 9.17) is 0 Å². The monoisotopic (exact) mass is 383 g/mol. The molecule has 4 rings (SSSR count). The summed E-state index contributed by atoms with van der Waals surface area (Å²) in [5.74, 6) is -0.339. The topological polar surface area (TPSA) is 81.8 Å². The lowest BCUT2D eigenvalue weighted by molar-refractivity contribution is -0.117. The second kappa shape index (κ2) is 7.06. The Kier molecular flexibility index (Phi) is 4.46. The maximum atomic E-state index is 12.4. The lowest BCUT2D eigenvalue weighted by Gasteiger charge is -2.09. The predicted molar refractivity (Wildman–Crippen MR) is 102 cm³/mol. The summed E-state index contributed by atoms with van der Waals surface area (Å²) in [5, 5.41) is 15.0. The van der Waals surface area contributed by atoms with Gasteiger partial charge in [-0.1, -0.05) is 24.3 Å². The molecule has 0 radical (unpaired) electrons. The number of tetrazole rings is 1. The molecule has 9 heteroatoms. The number of amides is 1. The van der Waals surface area contributed by atoms with Crippen molar-refractivity contribution in [2.45, 2.75) is 6.54 Å². The average molecular weight is 383 g/mol. The molecule has 0 aliphatic heterocycles. The van der Waals surface area contributed by atoms with Crippen molar-refractivity contribution in [2.75, 3.05) is 5.32 Å². The van der Waals surface area contributed by atoms with Crippen LogP contribution in [0.3, 0.4) is 0 Å². The highest BCUT2D eigenvalue weighted by Crippen LogP contribution is 2.31. The van der Waals surface area contributed by atoms with Crippen molar-refractivity contribution in [3.8, 4) is 15.4 Å². The Morgan fingerprint density at radius 1 is 1.00 bits per heavy atom. The van der Waals surface area contributed by atoms with Crippen LogP contribution in [-0.2, 0) is 11.3 Å². The van der Waals surface area contributed by atoms with Crippen molar-refractivity contribution in [3.05, 3.63) is 69.8 Å². The summed E-state index contributed by atoms with van der Waals surface area (Å²) < 4.78 is 2.22. The van der Waals surface area contributed by atoms with Gasteiger partial charge in [0.05, 0.1) is 0 Å². The summed E-state index contributed by atoms with van der Waals surface area (Å²) in [7, 11) is 0. The highest BCUT2D eigenvalue weighted by atomic mass is 32.1. The minimum absolute atomic E-state index is 0.205. The number of aromatic nitrogens is 4. The Morgan fingerprint density at radius 3 is 2.58 bits per heavy atom.